The van der Waals surface area contributed by atoms with Crippen molar-refractivity contribution in [1.82, 2.24) is 10.3 Å². The van der Waals surface area contributed by atoms with Gasteiger partial charge < -0.3 is 10.6 Å². The molecule has 1 aliphatic rings. The van der Waals surface area contributed by atoms with Gasteiger partial charge in [-0.25, -0.2) is 5.01 Å². The Morgan fingerprint density at radius 3 is 2.67 bits per heavy atom. The van der Waals surface area contributed by atoms with Crippen LogP contribution in [0, 0.1) is 6.92 Å². The maximum absolute atomic E-state index is 12.4. The molecule has 2 N–H and O–H groups in total. The van der Waals surface area contributed by atoms with Crippen molar-refractivity contribution in [2.45, 2.75) is 32.7 Å². The van der Waals surface area contributed by atoms with E-state index in [0.717, 1.165) is 21.3 Å². The van der Waals surface area contributed by atoms with Crippen molar-refractivity contribution in [1.29, 1.82) is 0 Å². The predicted molar refractivity (Wildman–Crippen MR) is 119 cm³/mol. The van der Waals surface area contributed by atoms with Gasteiger partial charge in [0.2, 0.25) is 11.8 Å². The van der Waals surface area contributed by atoms with E-state index in [-0.39, 0.29) is 37.1 Å². The van der Waals surface area contributed by atoms with E-state index in [1.165, 1.54) is 5.01 Å². The van der Waals surface area contributed by atoms with Crippen LogP contribution in [-0.2, 0) is 20.9 Å². The third-order valence-electron chi connectivity index (χ3n) is 4.65. The van der Waals surface area contributed by atoms with E-state index in [4.69, 9.17) is 0 Å². The van der Waals surface area contributed by atoms with Crippen LogP contribution >= 0.6 is 15.9 Å². The molecule has 0 aromatic heterocycles. The molecular formula is C22H23BrN4O3. The maximum atomic E-state index is 12.4. The van der Waals surface area contributed by atoms with Crippen LogP contribution in [0.3, 0.4) is 0 Å². The van der Waals surface area contributed by atoms with Crippen molar-refractivity contribution in [3.63, 3.8) is 0 Å². The summed E-state index contributed by atoms with van der Waals surface area (Å²) in [5.74, 6) is -0.658. The van der Waals surface area contributed by atoms with Crippen molar-refractivity contribution in [2.24, 2.45) is 5.10 Å². The Hall–Kier alpha value is -3.00. The molecule has 0 bridgehead atoms. The molecule has 3 amide bonds. The fourth-order valence-electron chi connectivity index (χ4n) is 2.98. The van der Waals surface area contributed by atoms with Crippen LogP contribution in [-0.4, -0.2) is 35.0 Å². The van der Waals surface area contributed by atoms with Gasteiger partial charge in [-0.05, 0) is 30.2 Å². The number of amides is 3. The van der Waals surface area contributed by atoms with E-state index in [9.17, 15) is 14.4 Å². The topological polar surface area (TPSA) is 90.9 Å². The summed E-state index contributed by atoms with van der Waals surface area (Å²) in [5, 5.41) is 11.1. The highest BCUT2D eigenvalue weighted by Crippen LogP contribution is 2.20. The molecule has 8 heteroatoms. The molecule has 0 saturated carbocycles. The molecule has 2 aromatic rings. The lowest BCUT2D eigenvalue weighted by molar-refractivity contribution is -0.132. The lowest BCUT2D eigenvalue weighted by Crippen LogP contribution is -2.39. The second-order valence-electron chi connectivity index (χ2n) is 7.00. The van der Waals surface area contributed by atoms with Crippen molar-refractivity contribution in [2.75, 3.05) is 11.9 Å². The van der Waals surface area contributed by atoms with Crippen LogP contribution < -0.4 is 10.6 Å². The summed E-state index contributed by atoms with van der Waals surface area (Å²) in [6.07, 6.45) is 0.665. The van der Waals surface area contributed by atoms with Crippen molar-refractivity contribution in [3.8, 4) is 0 Å². The van der Waals surface area contributed by atoms with Crippen LogP contribution in [0.4, 0.5) is 5.69 Å². The Balaban J connectivity index is 1.51. The molecule has 30 heavy (non-hydrogen) atoms. The summed E-state index contributed by atoms with van der Waals surface area (Å²) >= 11 is 3.38. The van der Waals surface area contributed by atoms with Gasteiger partial charge in [-0.15, -0.1) is 0 Å². The van der Waals surface area contributed by atoms with E-state index in [1.807, 2.05) is 55.5 Å². The normalized spacial score (nSPS) is 13.6. The fourth-order valence-corrected chi connectivity index (χ4v) is 3.34. The number of benzene rings is 2. The first-order valence-electron chi connectivity index (χ1n) is 9.68. The molecule has 156 valence electrons. The van der Waals surface area contributed by atoms with E-state index in [2.05, 4.69) is 31.7 Å². The van der Waals surface area contributed by atoms with Crippen LogP contribution in [0.15, 0.2) is 58.1 Å². The zero-order valence-electron chi connectivity index (χ0n) is 16.7. The molecule has 0 radical (unpaired) electrons. The van der Waals surface area contributed by atoms with E-state index in [0.29, 0.717) is 18.7 Å². The van der Waals surface area contributed by atoms with Crippen LogP contribution in [0.5, 0.6) is 0 Å². The van der Waals surface area contributed by atoms with E-state index in [1.54, 1.807) is 0 Å². The average Bonchev–Trinajstić information content (AvgIpc) is 2.73. The van der Waals surface area contributed by atoms with Crippen molar-refractivity contribution < 1.29 is 14.4 Å². The van der Waals surface area contributed by atoms with Gasteiger partial charge in [0.05, 0.1) is 6.54 Å². The van der Waals surface area contributed by atoms with Crippen molar-refractivity contribution >= 4 is 45.1 Å². The summed E-state index contributed by atoms with van der Waals surface area (Å²) in [4.78, 5) is 36.7. The number of carbonyl (C=O) groups excluding carboxylic acids is 3. The number of halogens is 1. The number of aryl methyl sites for hydroxylation is 1. The Morgan fingerprint density at radius 1 is 1.13 bits per heavy atom. The summed E-state index contributed by atoms with van der Waals surface area (Å²) < 4.78 is 0.876. The third kappa shape index (κ3) is 6.00. The highest BCUT2D eigenvalue weighted by Gasteiger charge is 2.24. The Labute approximate surface area is 183 Å². The van der Waals surface area contributed by atoms with Gasteiger partial charge in [0.15, 0.2) is 0 Å². The summed E-state index contributed by atoms with van der Waals surface area (Å²) in [5.41, 5.74) is 2.92. The first-order valence-corrected chi connectivity index (χ1v) is 10.5. The van der Waals surface area contributed by atoms with E-state index >= 15 is 0 Å². The number of nitrogens with one attached hydrogen (secondary N) is 2. The van der Waals surface area contributed by atoms with Crippen LogP contribution in [0.25, 0.3) is 0 Å². The number of hydrogen-bond acceptors (Lipinski definition) is 4. The number of hydrogen-bond donors (Lipinski definition) is 2. The van der Waals surface area contributed by atoms with Gasteiger partial charge in [0, 0.05) is 36.0 Å². The molecule has 0 atom stereocenters. The number of rotatable bonds is 7. The Morgan fingerprint density at radius 2 is 1.90 bits per heavy atom. The zero-order chi connectivity index (χ0) is 21.5. The summed E-state index contributed by atoms with van der Waals surface area (Å²) in [6.45, 7) is 2.42. The molecule has 3 rings (SSSR count). The molecule has 2 aromatic carbocycles. The maximum Gasteiger partial charge on any atom is 0.267 e. The Bertz CT molecular complexity index is 976. The second kappa shape index (κ2) is 10.2. The molecular weight excluding hydrogens is 448 g/mol. The monoisotopic (exact) mass is 470 g/mol. The summed E-state index contributed by atoms with van der Waals surface area (Å²) in [6, 6.07) is 15.1. The molecule has 0 unspecified atom stereocenters. The minimum Gasteiger partial charge on any atom is -0.350 e. The van der Waals surface area contributed by atoms with Gasteiger partial charge in [0.25, 0.3) is 5.91 Å². The molecule has 0 aliphatic carbocycles. The smallest absolute Gasteiger partial charge is 0.267 e. The minimum absolute atomic E-state index is 0.112. The van der Waals surface area contributed by atoms with Crippen molar-refractivity contribution in [3.05, 3.63) is 64.1 Å². The second-order valence-corrected chi connectivity index (χ2v) is 7.91. The first-order chi connectivity index (χ1) is 14.4. The lowest BCUT2D eigenvalue weighted by atomic mass is 10.1. The SMILES string of the molecule is Cc1ccc(Br)cc1NC(=O)CCNC(=O)C1=NN(Cc2ccccc2)C(=O)CC1. The van der Waals surface area contributed by atoms with Crippen LogP contribution in [0.2, 0.25) is 0 Å². The zero-order valence-corrected chi connectivity index (χ0v) is 18.2. The number of nitrogens with zero attached hydrogens (tertiary/aromatic N) is 2. The predicted octanol–water partition coefficient (Wildman–Crippen LogP) is 3.38. The fraction of sp³-hybridized carbons (Fsp3) is 0.273. The minimum atomic E-state index is -0.355. The standard InChI is InChI=1S/C22H23BrN4O3/c1-15-7-8-17(23)13-19(15)25-20(28)11-12-24-22(30)18-9-10-21(29)27(26-18)14-16-5-3-2-4-6-16/h2-8,13H,9-12,14H2,1H3,(H,24,30)(H,25,28). The molecule has 0 fully saturated rings. The van der Waals surface area contributed by atoms with Crippen LogP contribution in [0.1, 0.15) is 30.4 Å². The van der Waals surface area contributed by atoms with Gasteiger partial charge in [0.1, 0.15) is 5.71 Å². The number of carbonyl (C=O) groups is 3. The third-order valence-corrected chi connectivity index (χ3v) is 5.15. The number of anilines is 1. The summed E-state index contributed by atoms with van der Waals surface area (Å²) in [7, 11) is 0. The Kier molecular flexibility index (Phi) is 7.35. The molecule has 0 saturated heterocycles. The average molecular weight is 471 g/mol. The largest absolute Gasteiger partial charge is 0.350 e. The number of hydrazone groups is 1. The quantitative estimate of drug-likeness (QED) is 0.649. The highest BCUT2D eigenvalue weighted by atomic mass is 79.9. The first kappa shape index (κ1) is 21.7. The van der Waals surface area contributed by atoms with Gasteiger partial charge in [-0.3, -0.25) is 14.4 Å². The molecule has 1 heterocycles. The highest BCUT2D eigenvalue weighted by molar-refractivity contribution is 9.10. The van der Waals surface area contributed by atoms with Gasteiger partial charge >= 0.3 is 0 Å². The molecule has 1 aliphatic heterocycles. The lowest BCUT2D eigenvalue weighted by Gasteiger charge is -2.23. The van der Waals surface area contributed by atoms with Gasteiger partial charge in [-0.2, -0.15) is 5.10 Å². The molecule has 0 spiro atoms. The van der Waals surface area contributed by atoms with Gasteiger partial charge in [-0.1, -0.05) is 52.3 Å². The molecule has 7 nitrogen and oxygen atoms in total. The van der Waals surface area contributed by atoms with E-state index < -0.39 is 0 Å².